The van der Waals surface area contributed by atoms with Crippen molar-refractivity contribution >= 4 is 17.6 Å². The van der Waals surface area contributed by atoms with Crippen LogP contribution in [0.4, 0.5) is 10.1 Å². The summed E-state index contributed by atoms with van der Waals surface area (Å²) in [5.74, 6) is -1.75. The minimum absolute atomic E-state index is 0.0202. The molecule has 21 heavy (non-hydrogen) atoms. The second kappa shape index (κ2) is 7.73. The molecule has 0 saturated carbocycles. The van der Waals surface area contributed by atoms with E-state index in [0.29, 0.717) is 12.5 Å². The molecule has 0 aliphatic carbocycles. The van der Waals surface area contributed by atoms with E-state index < -0.39 is 11.8 Å². The molecule has 5 nitrogen and oxygen atoms in total. The smallest absolute Gasteiger partial charge is 0.337 e. The van der Waals surface area contributed by atoms with Crippen molar-refractivity contribution in [3.63, 3.8) is 0 Å². The highest BCUT2D eigenvalue weighted by molar-refractivity contribution is 6.00. The summed E-state index contributed by atoms with van der Waals surface area (Å²) < 4.78 is 13.2. The van der Waals surface area contributed by atoms with Gasteiger partial charge in [0, 0.05) is 6.42 Å². The van der Waals surface area contributed by atoms with Crippen LogP contribution < -0.4 is 11.1 Å². The molecule has 0 fully saturated rings. The number of nitrogens with two attached hydrogens (primary N) is 1. The van der Waals surface area contributed by atoms with Gasteiger partial charge in [-0.25, -0.2) is 9.18 Å². The first-order valence-corrected chi connectivity index (χ1v) is 6.86. The van der Waals surface area contributed by atoms with Gasteiger partial charge in [0.1, 0.15) is 5.82 Å². The summed E-state index contributed by atoms with van der Waals surface area (Å²) in [6, 6.07) is 3.17. The molecule has 1 unspecified atom stereocenters. The number of carboxylic acids is 1. The van der Waals surface area contributed by atoms with Gasteiger partial charge in [0.25, 0.3) is 0 Å². The van der Waals surface area contributed by atoms with Crippen LogP contribution in [0.25, 0.3) is 0 Å². The number of rotatable bonds is 7. The summed E-state index contributed by atoms with van der Waals surface area (Å²) >= 11 is 0. The summed E-state index contributed by atoms with van der Waals surface area (Å²) in [6.07, 6.45) is 0.989. The van der Waals surface area contributed by atoms with Crippen LogP contribution in [0, 0.1) is 17.7 Å². The first-order chi connectivity index (χ1) is 9.83. The number of carbonyl (C=O) groups is 2. The lowest BCUT2D eigenvalue weighted by Gasteiger charge is -2.17. The molecule has 6 heteroatoms. The van der Waals surface area contributed by atoms with Crippen molar-refractivity contribution in [1.82, 2.24) is 0 Å². The number of aromatic carboxylic acids is 1. The standard InChI is InChI=1S/C15H21FN2O3/c1-9(2)5-10(8-17)6-14(19)18-13-7-11(16)3-4-12(13)15(20)21/h3-4,7,9-10H,5-6,8,17H2,1-2H3,(H,18,19)(H,20,21). The van der Waals surface area contributed by atoms with E-state index in [4.69, 9.17) is 10.8 Å². The minimum Gasteiger partial charge on any atom is -0.478 e. The van der Waals surface area contributed by atoms with Crippen molar-refractivity contribution < 1.29 is 19.1 Å². The van der Waals surface area contributed by atoms with Crippen molar-refractivity contribution in [3.05, 3.63) is 29.6 Å². The Morgan fingerprint density at radius 2 is 2.05 bits per heavy atom. The molecule has 0 aliphatic rings. The monoisotopic (exact) mass is 296 g/mol. The van der Waals surface area contributed by atoms with Crippen LogP contribution in [0.1, 0.15) is 37.0 Å². The van der Waals surface area contributed by atoms with E-state index in [-0.39, 0.29) is 29.5 Å². The molecular weight excluding hydrogens is 275 g/mol. The van der Waals surface area contributed by atoms with E-state index in [1.807, 2.05) is 13.8 Å². The Balaban J connectivity index is 2.78. The lowest BCUT2D eigenvalue weighted by Crippen LogP contribution is -2.24. The molecule has 0 radical (unpaired) electrons. The Hall–Kier alpha value is -1.95. The third kappa shape index (κ3) is 5.51. The van der Waals surface area contributed by atoms with Gasteiger partial charge in [-0.05, 0) is 43.0 Å². The van der Waals surface area contributed by atoms with Gasteiger partial charge >= 0.3 is 5.97 Å². The topological polar surface area (TPSA) is 92.4 Å². The van der Waals surface area contributed by atoms with Gasteiger partial charge in [0.05, 0.1) is 11.3 Å². The maximum absolute atomic E-state index is 13.2. The highest BCUT2D eigenvalue weighted by Crippen LogP contribution is 2.19. The number of anilines is 1. The fraction of sp³-hybridized carbons (Fsp3) is 0.467. The van der Waals surface area contributed by atoms with Gasteiger partial charge in [-0.1, -0.05) is 13.8 Å². The minimum atomic E-state index is -1.22. The molecule has 4 N–H and O–H groups in total. The Labute approximate surface area is 123 Å². The molecular formula is C15H21FN2O3. The molecule has 1 atom stereocenters. The zero-order valence-corrected chi connectivity index (χ0v) is 12.2. The number of hydrogen-bond donors (Lipinski definition) is 3. The van der Waals surface area contributed by atoms with Crippen molar-refractivity contribution in [2.45, 2.75) is 26.7 Å². The van der Waals surface area contributed by atoms with Gasteiger partial charge in [0.2, 0.25) is 5.91 Å². The van der Waals surface area contributed by atoms with Crippen LogP contribution in [-0.4, -0.2) is 23.5 Å². The van der Waals surface area contributed by atoms with Crippen molar-refractivity contribution in [1.29, 1.82) is 0 Å². The maximum atomic E-state index is 13.2. The molecule has 1 aromatic rings. The third-order valence-electron chi connectivity index (χ3n) is 3.10. The van der Waals surface area contributed by atoms with Crippen LogP contribution in [0.15, 0.2) is 18.2 Å². The Morgan fingerprint density at radius 3 is 2.57 bits per heavy atom. The number of hydrogen-bond acceptors (Lipinski definition) is 3. The lowest BCUT2D eigenvalue weighted by molar-refractivity contribution is -0.117. The zero-order valence-electron chi connectivity index (χ0n) is 12.2. The Morgan fingerprint density at radius 1 is 1.38 bits per heavy atom. The number of amides is 1. The van der Waals surface area contributed by atoms with Gasteiger partial charge < -0.3 is 16.2 Å². The summed E-state index contributed by atoms with van der Waals surface area (Å²) in [7, 11) is 0. The van der Waals surface area contributed by atoms with E-state index in [9.17, 15) is 14.0 Å². The largest absolute Gasteiger partial charge is 0.478 e. The lowest BCUT2D eigenvalue weighted by atomic mass is 9.94. The molecule has 1 rings (SSSR count). The third-order valence-corrected chi connectivity index (χ3v) is 3.10. The van der Waals surface area contributed by atoms with Crippen LogP contribution in [0.5, 0.6) is 0 Å². The number of carboxylic acid groups (broad SMARTS) is 1. The molecule has 0 aromatic heterocycles. The molecule has 1 aromatic carbocycles. The van der Waals surface area contributed by atoms with Gasteiger partial charge in [0.15, 0.2) is 0 Å². The first-order valence-electron chi connectivity index (χ1n) is 6.86. The van der Waals surface area contributed by atoms with Crippen LogP contribution in [-0.2, 0) is 4.79 Å². The Kier molecular flexibility index (Phi) is 6.30. The molecule has 116 valence electrons. The second-order valence-electron chi connectivity index (χ2n) is 5.48. The van der Waals surface area contributed by atoms with E-state index in [2.05, 4.69) is 5.32 Å². The predicted octanol–water partition coefficient (Wildman–Crippen LogP) is 2.47. The summed E-state index contributed by atoms with van der Waals surface area (Å²) in [5.41, 5.74) is 5.46. The quantitative estimate of drug-likeness (QED) is 0.720. The highest BCUT2D eigenvalue weighted by Gasteiger charge is 2.17. The molecule has 1 amide bonds. The predicted molar refractivity (Wildman–Crippen MR) is 78.6 cm³/mol. The van der Waals surface area contributed by atoms with Crippen LogP contribution in [0.2, 0.25) is 0 Å². The highest BCUT2D eigenvalue weighted by atomic mass is 19.1. The van der Waals surface area contributed by atoms with Crippen molar-refractivity contribution in [2.24, 2.45) is 17.6 Å². The van der Waals surface area contributed by atoms with Crippen LogP contribution >= 0.6 is 0 Å². The number of nitrogens with one attached hydrogen (secondary N) is 1. The molecule has 0 bridgehead atoms. The van der Waals surface area contributed by atoms with Gasteiger partial charge in [-0.15, -0.1) is 0 Å². The zero-order chi connectivity index (χ0) is 16.0. The van der Waals surface area contributed by atoms with Crippen molar-refractivity contribution in [3.8, 4) is 0 Å². The van der Waals surface area contributed by atoms with Gasteiger partial charge in [-0.2, -0.15) is 0 Å². The molecule has 0 spiro atoms. The molecule has 0 aliphatic heterocycles. The summed E-state index contributed by atoms with van der Waals surface area (Å²) in [6.45, 7) is 4.45. The normalized spacial score (nSPS) is 12.2. The van der Waals surface area contributed by atoms with E-state index >= 15 is 0 Å². The fourth-order valence-electron chi connectivity index (χ4n) is 2.20. The number of halogens is 1. The second-order valence-corrected chi connectivity index (χ2v) is 5.48. The maximum Gasteiger partial charge on any atom is 0.337 e. The summed E-state index contributed by atoms with van der Waals surface area (Å²) in [5, 5.41) is 11.5. The van der Waals surface area contributed by atoms with Crippen LogP contribution in [0.3, 0.4) is 0 Å². The van der Waals surface area contributed by atoms with E-state index in [0.717, 1.165) is 24.6 Å². The number of carbonyl (C=O) groups excluding carboxylic acids is 1. The van der Waals surface area contributed by atoms with E-state index in [1.165, 1.54) is 0 Å². The Bertz CT molecular complexity index is 518. The summed E-state index contributed by atoms with van der Waals surface area (Å²) in [4.78, 5) is 23.0. The fourth-order valence-corrected chi connectivity index (χ4v) is 2.20. The SMILES string of the molecule is CC(C)CC(CN)CC(=O)Nc1cc(F)ccc1C(=O)O. The van der Waals surface area contributed by atoms with Gasteiger partial charge in [-0.3, -0.25) is 4.79 Å². The molecule has 0 saturated heterocycles. The first kappa shape index (κ1) is 17.1. The van der Waals surface area contributed by atoms with E-state index in [1.54, 1.807) is 0 Å². The van der Waals surface area contributed by atoms with Crippen molar-refractivity contribution in [2.75, 3.05) is 11.9 Å². The average Bonchev–Trinajstić information content (AvgIpc) is 2.36. The molecule has 0 heterocycles. The average molecular weight is 296 g/mol. The number of benzene rings is 1.